The number of carbonyl (C=O) groups is 1. The Morgan fingerprint density at radius 2 is 2.00 bits per heavy atom. The van der Waals surface area contributed by atoms with Crippen LogP contribution in [0.2, 0.25) is 0 Å². The largest absolute Gasteiger partial charge is 0.436 e. The Morgan fingerprint density at radius 3 is 2.35 bits per heavy atom. The highest BCUT2D eigenvalue weighted by Gasteiger charge is 2.39. The fourth-order valence-electron chi connectivity index (χ4n) is 1.26. The van der Waals surface area contributed by atoms with Gasteiger partial charge in [0.15, 0.2) is 5.69 Å². The van der Waals surface area contributed by atoms with E-state index in [1.807, 2.05) is 0 Å². The first-order valence-electron chi connectivity index (χ1n) is 4.75. The minimum atomic E-state index is -4.59. The molecule has 0 bridgehead atoms. The molecule has 0 unspecified atom stereocenters. The lowest BCUT2D eigenvalue weighted by Gasteiger charge is -2.08. The van der Waals surface area contributed by atoms with Gasteiger partial charge in [-0.25, -0.2) is 0 Å². The Bertz CT molecular complexity index is 439. The van der Waals surface area contributed by atoms with Gasteiger partial charge in [-0.3, -0.25) is 9.48 Å². The predicted molar refractivity (Wildman–Crippen MR) is 58.5 cm³/mol. The average molecular weight is 314 g/mol. The van der Waals surface area contributed by atoms with Crippen LogP contribution < -0.4 is 5.32 Å². The number of hydrogen-bond acceptors (Lipinski definition) is 2. The average Bonchev–Trinajstić information content (AvgIpc) is 2.39. The van der Waals surface area contributed by atoms with Crippen LogP contribution in [0, 0.1) is 0 Å². The monoisotopic (exact) mass is 313 g/mol. The summed E-state index contributed by atoms with van der Waals surface area (Å²) in [5.74, 6) is -0.600. The van der Waals surface area contributed by atoms with E-state index in [1.54, 1.807) is 13.8 Å². The van der Waals surface area contributed by atoms with E-state index in [1.165, 1.54) is 7.05 Å². The molecule has 8 heteroatoms. The van der Waals surface area contributed by atoms with Gasteiger partial charge in [-0.2, -0.15) is 18.3 Å². The van der Waals surface area contributed by atoms with Gasteiger partial charge in [-0.15, -0.1) is 0 Å². The van der Waals surface area contributed by atoms with E-state index >= 15 is 0 Å². The number of rotatable bonds is 2. The molecule has 1 aromatic heterocycles. The third-order valence-electron chi connectivity index (χ3n) is 1.89. The van der Waals surface area contributed by atoms with Crippen LogP contribution in [0.4, 0.5) is 13.2 Å². The molecule has 0 saturated heterocycles. The van der Waals surface area contributed by atoms with Crippen molar-refractivity contribution in [2.45, 2.75) is 26.1 Å². The zero-order valence-electron chi connectivity index (χ0n) is 9.39. The number of carbonyl (C=O) groups excluding carboxylic acids is 1. The van der Waals surface area contributed by atoms with E-state index in [0.29, 0.717) is 0 Å². The molecule has 0 aliphatic carbocycles. The lowest BCUT2D eigenvalue weighted by molar-refractivity contribution is -0.142. The Morgan fingerprint density at radius 1 is 1.47 bits per heavy atom. The van der Waals surface area contributed by atoms with Gasteiger partial charge in [0.1, 0.15) is 5.69 Å². The second kappa shape index (κ2) is 4.67. The van der Waals surface area contributed by atoms with Crippen molar-refractivity contribution in [1.29, 1.82) is 0 Å². The molecule has 0 radical (unpaired) electrons. The first-order chi connectivity index (χ1) is 7.64. The van der Waals surface area contributed by atoms with Gasteiger partial charge in [-0.1, -0.05) is 0 Å². The highest BCUT2D eigenvalue weighted by atomic mass is 79.9. The third-order valence-corrected chi connectivity index (χ3v) is 2.64. The summed E-state index contributed by atoms with van der Waals surface area (Å²) in [6.07, 6.45) is -4.59. The van der Waals surface area contributed by atoms with E-state index in [4.69, 9.17) is 0 Å². The van der Waals surface area contributed by atoms with Gasteiger partial charge in [0.25, 0.3) is 5.91 Å². The molecule has 1 aromatic rings. The molecule has 0 spiro atoms. The summed E-state index contributed by atoms with van der Waals surface area (Å²) in [6, 6.07) is -0.168. The summed E-state index contributed by atoms with van der Waals surface area (Å²) in [7, 11) is 1.29. The quantitative estimate of drug-likeness (QED) is 0.911. The molecular formula is C9H11BrF3N3O. The van der Waals surface area contributed by atoms with Crippen molar-refractivity contribution in [1.82, 2.24) is 15.1 Å². The van der Waals surface area contributed by atoms with Crippen LogP contribution >= 0.6 is 15.9 Å². The molecular weight excluding hydrogens is 303 g/mol. The van der Waals surface area contributed by atoms with Crippen LogP contribution in [0.5, 0.6) is 0 Å². The number of nitrogens with one attached hydrogen (secondary N) is 1. The molecule has 1 amide bonds. The van der Waals surface area contributed by atoms with Gasteiger partial charge in [0.05, 0.1) is 4.47 Å². The number of alkyl halides is 3. The van der Waals surface area contributed by atoms with Crippen LogP contribution in [0.1, 0.15) is 30.0 Å². The highest BCUT2D eigenvalue weighted by Crippen LogP contribution is 2.35. The molecule has 17 heavy (non-hydrogen) atoms. The first-order valence-corrected chi connectivity index (χ1v) is 5.54. The van der Waals surface area contributed by atoms with Crippen molar-refractivity contribution in [3.05, 3.63) is 15.9 Å². The minimum Gasteiger partial charge on any atom is -0.349 e. The van der Waals surface area contributed by atoms with Crippen LogP contribution in [0.3, 0.4) is 0 Å². The van der Waals surface area contributed by atoms with Crippen LogP contribution in [-0.4, -0.2) is 21.7 Å². The van der Waals surface area contributed by atoms with Crippen LogP contribution in [-0.2, 0) is 13.2 Å². The number of hydrogen-bond donors (Lipinski definition) is 1. The summed E-state index contributed by atoms with van der Waals surface area (Å²) < 4.78 is 38.2. The molecule has 96 valence electrons. The Kier molecular flexibility index (Phi) is 3.85. The molecule has 0 aliphatic rings. The lowest BCUT2D eigenvalue weighted by atomic mass is 10.3. The zero-order valence-corrected chi connectivity index (χ0v) is 11.0. The fourth-order valence-corrected chi connectivity index (χ4v) is 2.00. The van der Waals surface area contributed by atoms with Gasteiger partial charge >= 0.3 is 6.18 Å². The fraction of sp³-hybridized carbons (Fsp3) is 0.556. The second-order valence-electron chi connectivity index (χ2n) is 3.76. The summed E-state index contributed by atoms with van der Waals surface area (Å²) in [4.78, 5) is 11.7. The number of halogens is 4. The first kappa shape index (κ1) is 14.0. The van der Waals surface area contributed by atoms with Crippen molar-refractivity contribution < 1.29 is 18.0 Å². The number of aromatic nitrogens is 2. The lowest BCUT2D eigenvalue weighted by Crippen LogP contribution is -2.31. The Hall–Kier alpha value is -1.05. The number of nitrogens with zero attached hydrogens (tertiary/aromatic N) is 2. The molecule has 1 N–H and O–H groups in total. The van der Waals surface area contributed by atoms with Crippen molar-refractivity contribution >= 4 is 21.8 Å². The Labute approximate surface area is 104 Å². The van der Waals surface area contributed by atoms with Crippen molar-refractivity contribution in [3.8, 4) is 0 Å². The predicted octanol–water partition coefficient (Wildman–Crippen LogP) is 2.34. The third kappa shape index (κ3) is 2.99. The van der Waals surface area contributed by atoms with Crippen LogP contribution in [0.15, 0.2) is 4.47 Å². The van der Waals surface area contributed by atoms with Gasteiger partial charge < -0.3 is 5.32 Å². The maximum atomic E-state index is 12.5. The van der Waals surface area contributed by atoms with E-state index in [2.05, 4.69) is 26.3 Å². The zero-order chi connectivity index (χ0) is 13.4. The SMILES string of the molecule is CC(C)NC(=O)c1c(Br)c(C(F)(F)F)nn1C. The van der Waals surface area contributed by atoms with E-state index in [0.717, 1.165) is 4.68 Å². The Balaban J connectivity index is 3.19. The van der Waals surface area contributed by atoms with Gasteiger partial charge in [-0.05, 0) is 29.8 Å². The van der Waals surface area contributed by atoms with Gasteiger partial charge in [0.2, 0.25) is 0 Å². The molecule has 4 nitrogen and oxygen atoms in total. The standard InChI is InChI=1S/C9H11BrF3N3O/c1-4(2)14-8(17)6-5(10)7(9(11,12)13)15-16(6)3/h4H,1-3H3,(H,14,17). The maximum absolute atomic E-state index is 12.5. The molecule has 0 aromatic carbocycles. The highest BCUT2D eigenvalue weighted by molar-refractivity contribution is 9.10. The minimum absolute atomic E-state index is 0.147. The summed E-state index contributed by atoms with van der Waals surface area (Å²) in [6.45, 7) is 3.43. The summed E-state index contributed by atoms with van der Waals surface area (Å²) in [5, 5.41) is 5.80. The molecule has 0 aliphatic heterocycles. The summed E-state index contributed by atoms with van der Waals surface area (Å²) >= 11 is 2.76. The van der Waals surface area contributed by atoms with E-state index < -0.39 is 17.8 Å². The smallest absolute Gasteiger partial charge is 0.349 e. The normalized spacial score (nSPS) is 12.0. The molecule has 0 saturated carbocycles. The van der Waals surface area contributed by atoms with Gasteiger partial charge in [0, 0.05) is 13.1 Å². The molecule has 0 atom stereocenters. The van der Waals surface area contributed by atoms with E-state index in [-0.39, 0.29) is 16.2 Å². The molecule has 0 fully saturated rings. The van der Waals surface area contributed by atoms with E-state index in [9.17, 15) is 18.0 Å². The maximum Gasteiger partial charge on any atom is 0.436 e. The number of amides is 1. The van der Waals surface area contributed by atoms with Crippen molar-refractivity contribution in [2.75, 3.05) is 0 Å². The topological polar surface area (TPSA) is 46.9 Å². The molecule has 1 rings (SSSR count). The van der Waals surface area contributed by atoms with Crippen molar-refractivity contribution in [3.63, 3.8) is 0 Å². The van der Waals surface area contributed by atoms with Crippen molar-refractivity contribution in [2.24, 2.45) is 7.05 Å². The number of aryl methyl sites for hydroxylation is 1. The van der Waals surface area contributed by atoms with Crippen LogP contribution in [0.25, 0.3) is 0 Å². The summed E-state index contributed by atoms with van der Waals surface area (Å²) in [5.41, 5.74) is -1.25. The second-order valence-corrected chi connectivity index (χ2v) is 4.55. The molecule has 1 heterocycles.